The maximum absolute atomic E-state index is 9.99. The van der Waals surface area contributed by atoms with Gasteiger partial charge < -0.3 is 30.3 Å². The molecule has 0 aliphatic rings. The van der Waals surface area contributed by atoms with E-state index in [-0.39, 0.29) is 6.10 Å². The van der Waals surface area contributed by atoms with Crippen LogP contribution in [0, 0.1) is 0 Å². The summed E-state index contributed by atoms with van der Waals surface area (Å²) < 4.78 is 11.1. The molecule has 0 amide bonds. The second-order valence-electron chi connectivity index (χ2n) is 7.70. The molecular weight excluding hydrogens is 392 g/mol. The minimum Gasteiger partial charge on any atom is -0.493 e. The molecule has 172 valence electrons. The molecule has 0 saturated carbocycles. The van der Waals surface area contributed by atoms with Crippen molar-refractivity contribution in [3.05, 3.63) is 60.7 Å². The van der Waals surface area contributed by atoms with Crippen LogP contribution in [0.5, 0.6) is 11.5 Å². The Balaban J connectivity index is 1.32. The van der Waals surface area contributed by atoms with E-state index in [0.717, 1.165) is 50.3 Å². The summed E-state index contributed by atoms with van der Waals surface area (Å²) in [6.45, 7) is 3.78. The molecule has 0 heterocycles. The zero-order valence-electron chi connectivity index (χ0n) is 18.4. The van der Waals surface area contributed by atoms with Crippen molar-refractivity contribution in [1.29, 1.82) is 0 Å². The summed E-state index contributed by atoms with van der Waals surface area (Å²) in [7, 11) is 0. The summed E-state index contributed by atoms with van der Waals surface area (Å²) in [5.41, 5.74) is 0. The highest BCUT2D eigenvalue weighted by Crippen LogP contribution is 2.09. The molecule has 0 unspecified atom stereocenters. The van der Waals surface area contributed by atoms with Crippen molar-refractivity contribution < 1.29 is 19.7 Å². The molecule has 0 radical (unpaired) electrons. The smallest absolute Gasteiger partial charge is 0.119 e. The second-order valence-corrected chi connectivity index (χ2v) is 7.70. The molecule has 31 heavy (non-hydrogen) atoms. The number of ether oxygens (including phenoxy) is 2. The van der Waals surface area contributed by atoms with Crippen molar-refractivity contribution in [2.45, 2.75) is 44.3 Å². The Labute approximate surface area is 186 Å². The lowest BCUT2D eigenvalue weighted by Gasteiger charge is -2.13. The largest absolute Gasteiger partial charge is 0.493 e. The molecule has 0 spiro atoms. The highest BCUT2D eigenvalue weighted by molar-refractivity contribution is 5.21. The molecule has 2 atom stereocenters. The van der Waals surface area contributed by atoms with Crippen LogP contribution in [0.25, 0.3) is 0 Å². The van der Waals surface area contributed by atoms with E-state index in [1.807, 2.05) is 60.7 Å². The fraction of sp³-hybridized carbons (Fsp3) is 0.520. The van der Waals surface area contributed by atoms with E-state index in [2.05, 4.69) is 10.6 Å². The first-order valence-electron chi connectivity index (χ1n) is 11.4. The molecule has 6 heteroatoms. The number of hydrogen-bond donors (Lipinski definition) is 4. The number of aliphatic hydroxyl groups is 2. The predicted octanol–water partition coefficient (Wildman–Crippen LogP) is 3.00. The van der Waals surface area contributed by atoms with Gasteiger partial charge in [0.15, 0.2) is 0 Å². The van der Waals surface area contributed by atoms with Crippen molar-refractivity contribution >= 4 is 0 Å². The van der Waals surface area contributed by atoms with Gasteiger partial charge >= 0.3 is 0 Å². The average Bonchev–Trinajstić information content (AvgIpc) is 2.80. The van der Waals surface area contributed by atoms with Crippen molar-refractivity contribution in [1.82, 2.24) is 10.6 Å². The van der Waals surface area contributed by atoms with Gasteiger partial charge in [0.25, 0.3) is 0 Å². The topological polar surface area (TPSA) is 83.0 Å². The highest BCUT2D eigenvalue weighted by atomic mass is 16.5. The van der Waals surface area contributed by atoms with Crippen LogP contribution in [0.4, 0.5) is 0 Å². The van der Waals surface area contributed by atoms with E-state index >= 15 is 0 Å². The van der Waals surface area contributed by atoms with E-state index in [4.69, 9.17) is 9.47 Å². The number of hydrogen-bond acceptors (Lipinski definition) is 6. The third-order valence-electron chi connectivity index (χ3n) is 4.87. The second kappa shape index (κ2) is 16.6. The highest BCUT2D eigenvalue weighted by Gasteiger charge is 2.05. The molecule has 0 fully saturated rings. The van der Waals surface area contributed by atoms with Crippen molar-refractivity contribution in [3.63, 3.8) is 0 Å². The molecule has 0 aliphatic heterocycles. The lowest BCUT2D eigenvalue weighted by Crippen LogP contribution is -2.32. The van der Waals surface area contributed by atoms with E-state index in [0.29, 0.717) is 32.7 Å². The summed E-state index contributed by atoms with van der Waals surface area (Å²) in [6.07, 6.45) is 4.22. The number of aliphatic hydroxyl groups excluding tert-OH is 2. The van der Waals surface area contributed by atoms with Crippen LogP contribution in [-0.4, -0.2) is 61.8 Å². The molecule has 2 rings (SSSR count). The first-order chi connectivity index (χ1) is 15.2. The first kappa shape index (κ1) is 25.1. The maximum atomic E-state index is 9.99. The van der Waals surface area contributed by atoms with Crippen LogP contribution in [0.3, 0.4) is 0 Å². The molecule has 0 saturated heterocycles. The number of rotatable bonds is 18. The third kappa shape index (κ3) is 13.0. The number of para-hydroxylation sites is 2. The van der Waals surface area contributed by atoms with Gasteiger partial charge in [-0.25, -0.2) is 0 Å². The monoisotopic (exact) mass is 430 g/mol. The van der Waals surface area contributed by atoms with E-state index < -0.39 is 6.10 Å². The summed E-state index contributed by atoms with van der Waals surface area (Å²) in [5, 5.41) is 26.5. The van der Waals surface area contributed by atoms with Gasteiger partial charge in [-0.3, -0.25) is 0 Å². The average molecular weight is 431 g/mol. The van der Waals surface area contributed by atoms with Crippen LogP contribution < -0.4 is 20.1 Å². The first-order valence-corrected chi connectivity index (χ1v) is 11.4. The molecule has 0 aliphatic carbocycles. The Morgan fingerprint density at radius 2 is 1.16 bits per heavy atom. The Morgan fingerprint density at radius 1 is 0.645 bits per heavy atom. The minimum absolute atomic E-state index is 0.299. The molecule has 0 aromatic heterocycles. The zero-order valence-corrected chi connectivity index (χ0v) is 18.4. The van der Waals surface area contributed by atoms with Crippen LogP contribution >= 0.6 is 0 Å². The Kier molecular flexibility index (Phi) is 13.4. The maximum Gasteiger partial charge on any atom is 0.119 e. The van der Waals surface area contributed by atoms with Crippen LogP contribution in [0.15, 0.2) is 60.7 Å². The van der Waals surface area contributed by atoms with Crippen molar-refractivity contribution in [2.24, 2.45) is 0 Å². The Morgan fingerprint density at radius 3 is 1.74 bits per heavy atom. The molecular formula is C25H38N2O4. The van der Waals surface area contributed by atoms with Crippen LogP contribution in [0.1, 0.15) is 32.1 Å². The van der Waals surface area contributed by atoms with Crippen molar-refractivity contribution in [3.8, 4) is 11.5 Å². The lowest BCUT2D eigenvalue weighted by molar-refractivity contribution is 0.106. The Bertz CT molecular complexity index is 657. The van der Waals surface area contributed by atoms with E-state index in [1.54, 1.807) is 0 Å². The van der Waals surface area contributed by atoms with Gasteiger partial charge in [-0.2, -0.15) is 0 Å². The molecule has 0 bridgehead atoms. The summed E-state index contributed by atoms with van der Waals surface area (Å²) in [6, 6.07) is 19.2. The van der Waals surface area contributed by atoms with Crippen LogP contribution in [0.2, 0.25) is 0 Å². The quantitative estimate of drug-likeness (QED) is 0.272. The van der Waals surface area contributed by atoms with E-state index in [9.17, 15) is 10.2 Å². The SMILES string of the molecule is O[C@H](CCOc1ccccc1)CNCCCCCCNC[C@@H](O)COc1ccccc1. The molecule has 6 nitrogen and oxygen atoms in total. The summed E-state index contributed by atoms with van der Waals surface area (Å²) in [5.74, 6) is 1.62. The lowest BCUT2D eigenvalue weighted by atomic mass is 10.2. The predicted molar refractivity (Wildman–Crippen MR) is 125 cm³/mol. The van der Waals surface area contributed by atoms with Gasteiger partial charge in [-0.05, 0) is 50.2 Å². The van der Waals surface area contributed by atoms with Gasteiger partial charge in [-0.15, -0.1) is 0 Å². The normalized spacial score (nSPS) is 13.0. The van der Waals surface area contributed by atoms with Gasteiger partial charge in [0, 0.05) is 19.5 Å². The third-order valence-corrected chi connectivity index (χ3v) is 4.87. The fourth-order valence-corrected chi connectivity index (χ4v) is 3.09. The Hall–Kier alpha value is -2.12. The number of benzene rings is 2. The number of nitrogens with one attached hydrogen (secondary N) is 2. The fourth-order valence-electron chi connectivity index (χ4n) is 3.09. The van der Waals surface area contributed by atoms with Crippen LogP contribution in [-0.2, 0) is 0 Å². The standard InChI is InChI=1S/C25H38N2O4/c28-22(15-18-30-24-11-5-3-6-12-24)19-26-16-9-1-2-10-17-27-20-23(29)21-31-25-13-7-4-8-14-25/h3-8,11-14,22-23,26-29H,1-2,9-10,15-21H2/t22-,23-/m1/s1. The van der Waals surface area contributed by atoms with Gasteiger partial charge in [-0.1, -0.05) is 49.2 Å². The van der Waals surface area contributed by atoms with Gasteiger partial charge in [0.1, 0.15) is 24.2 Å². The molecule has 2 aromatic carbocycles. The van der Waals surface area contributed by atoms with E-state index in [1.165, 1.54) is 0 Å². The van der Waals surface area contributed by atoms with Crippen molar-refractivity contribution in [2.75, 3.05) is 39.4 Å². The number of unbranched alkanes of at least 4 members (excludes halogenated alkanes) is 3. The van der Waals surface area contributed by atoms with Gasteiger partial charge in [0.05, 0.1) is 12.7 Å². The zero-order chi connectivity index (χ0) is 22.0. The summed E-state index contributed by atoms with van der Waals surface area (Å²) >= 11 is 0. The summed E-state index contributed by atoms with van der Waals surface area (Å²) in [4.78, 5) is 0. The minimum atomic E-state index is -0.506. The molecule has 4 N–H and O–H groups in total. The molecule has 2 aromatic rings. The van der Waals surface area contributed by atoms with Gasteiger partial charge in [0.2, 0.25) is 0 Å².